The lowest BCUT2D eigenvalue weighted by Crippen LogP contribution is -2.21. The van der Waals surface area contributed by atoms with Crippen LogP contribution in [0.2, 0.25) is 0 Å². The van der Waals surface area contributed by atoms with Crippen LogP contribution in [0.1, 0.15) is 24.3 Å². The van der Waals surface area contributed by atoms with Gasteiger partial charge in [-0.25, -0.2) is 0 Å². The minimum absolute atomic E-state index is 0.134. The number of allylic oxidation sites excluding steroid dienone is 1. The first-order valence-electron chi connectivity index (χ1n) is 6.28. The van der Waals surface area contributed by atoms with Crippen LogP contribution in [0.15, 0.2) is 52.3 Å². The third-order valence-corrected chi connectivity index (χ3v) is 4.21. The zero-order valence-corrected chi connectivity index (χ0v) is 12.5. The Morgan fingerprint density at radius 2 is 1.95 bits per heavy atom. The molecular formula is C16H13IO2. The number of carbonyl (C=O) groups excluding carboxylic acids is 1. The summed E-state index contributed by atoms with van der Waals surface area (Å²) in [5, 5.41) is 2.32. The molecule has 1 fully saturated rings. The predicted octanol–water partition coefficient (Wildman–Crippen LogP) is 4.54. The summed E-state index contributed by atoms with van der Waals surface area (Å²) >= 11 is 2.11. The van der Waals surface area contributed by atoms with Gasteiger partial charge in [-0.3, -0.25) is 4.79 Å². The molecule has 2 aromatic rings. The standard InChI is InChI=1S/C16H13IO2/c17-10-12-8-9-15(16(18)19-12)14-7-3-5-11-4-1-2-6-13(11)14/h1-7,10,15H,8-9H2/b12-10-. The monoisotopic (exact) mass is 364 g/mol. The molecular weight excluding hydrogens is 351 g/mol. The zero-order valence-electron chi connectivity index (χ0n) is 10.3. The van der Waals surface area contributed by atoms with Crippen LogP contribution in [-0.4, -0.2) is 5.97 Å². The van der Waals surface area contributed by atoms with E-state index < -0.39 is 0 Å². The van der Waals surface area contributed by atoms with Crippen molar-refractivity contribution in [1.82, 2.24) is 0 Å². The number of rotatable bonds is 1. The van der Waals surface area contributed by atoms with E-state index in [0.717, 1.165) is 29.6 Å². The maximum Gasteiger partial charge on any atom is 0.318 e. The van der Waals surface area contributed by atoms with Gasteiger partial charge in [0, 0.05) is 10.5 Å². The summed E-state index contributed by atoms with van der Waals surface area (Å²) in [7, 11) is 0. The summed E-state index contributed by atoms with van der Waals surface area (Å²) in [5.74, 6) is 0.499. The SMILES string of the molecule is O=C1O/C(=C\I)CCC1c1cccc2ccccc12. The fourth-order valence-corrected chi connectivity index (χ4v) is 3.01. The highest BCUT2D eigenvalue weighted by Gasteiger charge is 2.29. The second kappa shape index (κ2) is 5.33. The molecule has 2 aromatic carbocycles. The third kappa shape index (κ3) is 2.39. The minimum Gasteiger partial charge on any atom is -0.430 e. The highest BCUT2D eigenvalue weighted by atomic mass is 127. The molecule has 1 heterocycles. The molecule has 0 spiro atoms. The smallest absolute Gasteiger partial charge is 0.318 e. The molecule has 96 valence electrons. The van der Waals surface area contributed by atoms with Gasteiger partial charge in [0.25, 0.3) is 0 Å². The number of ether oxygens (including phenoxy) is 1. The molecule has 1 atom stereocenters. The lowest BCUT2D eigenvalue weighted by atomic mass is 9.88. The molecule has 0 radical (unpaired) electrons. The Hall–Kier alpha value is -1.36. The van der Waals surface area contributed by atoms with E-state index in [2.05, 4.69) is 40.8 Å². The van der Waals surface area contributed by atoms with Crippen molar-refractivity contribution < 1.29 is 9.53 Å². The second-order valence-electron chi connectivity index (χ2n) is 4.66. The maximum atomic E-state index is 12.1. The average molecular weight is 364 g/mol. The normalized spacial score (nSPS) is 21.6. The Morgan fingerprint density at radius 1 is 1.16 bits per heavy atom. The van der Waals surface area contributed by atoms with Crippen LogP contribution in [0.5, 0.6) is 0 Å². The van der Waals surface area contributed by atoms with Crippen LogP contribution in [0.3, 0.4) is 0 Å². The quantitative estimate of drug-likeness (QED) is 0.549. The fourth-order valence-electron chi connectivity index (χ4n) is 2.57. The Kier molecular flexibility index (Phi) is 3.55. The number of esters is 1. The first-order valence-corrected chi connectivity index (χ1v) is 7.53. The molecule has 0 N–H and O–H groups in total. The number of benzene rings is 2. The van der Waals surface area contributed by atoms with Crippen molar-refractivity contribution in [2.45, 2.75) is 18.8 Å². The van der Waals surface area contributed by atoms with Gasteiger partial charge in [-0.05, 0) is 45.3 Å². The summed E-state index contributed by atoms with van der Waals surface area (Å²) in [5.41, 5.74) is 1.08. The Bertz CT molecular complexity index is 655. The highest BCUT2D eigenvalue weighted by Crippen LogP contribution is 2.35. The number of hydrogen-bond donors (Lipinski definition) is 0. The molecule has 1 unspecified atom stereocenters. The first-order chi connectivity index (χ1) is 9.29. The average Bonchev–Trinajstić information content (AvgIpc) is 2.46. The molecule has 1 aliphatic rings. The molecule has 1 saturated heterocycles. The summed E-state index contributed by atoms with van der Waals surface area (Å²) in [6.45, 7) is 0. The molecule has 0 aromatic heterocycles. The molecule has 3 heteroatoms. The van der Waals surface area contributed by atoms with Gasteiger partial charge in [-0.1, -0.05) is 42.5 Å². The first kappa shape index (κ1) is 12.7. The maximum absolute atomic E-state index is 12.1. The molecule has 3 rings (SSSR count). The summed E-state index contributed by atoms with van der Waals surface area (Å²) in [6.07, 6.45) is 1.64. The van der Waals surface area contributed by atoms with Gasteiger partial charge in [0.2, 0.25) is 0 Å². The van der Waals surface area contributed by atoms with Gasteiger partial charge in [-0.15, -0.1) is 0 Å². The van der Waals surface area contributed by atoms with Crippen molar-refractivity contribution in [3.05, 3.63) is 57.9 Å². The lowest BCUT2D eigenvalue weighted by Gasteiger charge is -2.23. The predicted molar refractivity (Wildman–Crippen MR) is 84.1 cm³/mol. The third-order valence-electron chi connectivity index (χ3n) is 3.52. The van der Waals surface area contributed by atoms with Gasteiger partial charge in [0.05, 0.1) is 5.92 Å². The number of cyclic esters (lactones) is 1. The van der Waals surface area contributed by atoms with Gasteiger partial charge in [0.1, 0.15) is 5.76 Å². The molecule has 1 aliphatic heterocycles. The van der Waals surface area contributed by atoms with Crippen molar-refractivity contribution in [2.24, 2.45) is 0 Å². The molecule has 0 saturated carbocycles. The van der Waals surface area contributed by atoms with Crippen LogP contribution in [0, 0.1) is 0 Å². The topological polar surface area (TPSA) is 26.3 Å². The Balaban J connectivity index is 2.03. The van der Waals surface area contributed by atoms with E-state index in [4.69, 9.17) is 4.74 Å². The second-order valence-corrected chi connectivity index (χ2v) is 5.28. The Labute approximate surface area is 125 Å². The molecule has 0 aliphatic carbocycles. The van der Waals surface area contributed by atoms with Gasteiger partial charge in [0.15, 0.2) is 0 Å². The van der Waals surface area contributed by atoms with E-state index in [1.54, 1.807) is 0 Å². The minimum atomic E-state index is -0.147. The van der Waals surface area contributed by atoms with Crippen molar-refractivity contribution in [3.8, 4) is 0 Å². The van der Waals surface area contributed by atoms with E-state index in [9.17, 15) is 4.79 Å². The highest BCUT2D eigenvalue weighted by molar-refractivity contribution is 14.1. The number of fused-ring (bicyclic) bond motifs is 1. The largest absolute Gasteiger partial charge is 0.430 e. The lowest BCUT2D eigenvalue weighted by molar-refractivity contribution is -0.143. The van der Waals surface area contributed by atoms with Crippen LogP contribution in [0.25, 0.3) is 10.8 Å². The van der Waals surface area contributed by atoms with Gasteiger partial charge < -0.3 is 4.74 Å². The van der Waals surface area contributed by atoms with Crippen molar-refractivity contribution in [2.75, 3.05) is 0 Å². The van der Waals surface area contributed by atoms with Crippen molar-refractivity contribution >= 4 is 39.3 Å². The summed E-state index contributed by atoms with van der Waals surface area (Å²) in [4.78, 5) is 12.1. The molecule has 0 amide bonds. The number of hydrogen-bond acceptors (Lipinski definition) is 2. The van der Waals surface area contributed by atoms with E-state index in [-0.39, 0.29) is 11.9 Å². The molecule has 2 nitrogen and oxygen atoms in total. The number of halogens is 1. The number of carbonyl (C=O) groups is 1. The summed E-state index contributed by atoms with van der Waals surface area (Å²) < 4.78 is 7.21. The zero-order chi connectivity index (χ0) is 13.2. The van der Waals surface area contributed by atoms with E-state index in [0.29, 0.717) is 0 Å². The van der Waals surface area contributed by atoms with Crippen LogP contribution >= 0.6 is 22.6 Å². The van der Waals surface area contributed by atoms with Gasteiger partial charge >= 0.3 is 5.97 Å². The van der Waals surface area contributed by atoms with Crippen molar-refractivity contribution in [3.63, 3.8) is 0 Å². The van der Waals surface area contributed by atoms with Crippen LogP contribution < -0.4 is 0 Å². The van der Waals surface area contributed by atoms with E-state index in [1.165, 1.54) is 5.39 Å². The summed E-state index contributed by atoms with van der Waals surface area (Å²) in [6, 6.07) is 14.3. The van der Waals surface area contributed by atoms with E-state index in [1.807, 2.05) is 28.3 Å². The van der Waals surface area contributed by atoms with Crippen molar-refractivity contribution in [1.29, 1.82) is 0 Å². The Morgan fingerprint density at radius 3 is 2.74 bits per heavy atom. The molecule has 19 heavy (non-hydrogen) atoms. The van der Waals surface area contributed by atoms with Crippen LogP contribution in [-0.2, 0) is 9.53 Å². The van der Waals surface area contributed by atoms with Gasteiger partial charge in [-0.2, -0.15) is 0 Å². The van der Waals surface area contributed by atoms with E-state index >= 15 is 0 Å². The molecule has 0 bridgehead atoms. The fraction of sp³-hybridized carbons (Fsp3) is 0.188. The van der Waals surface area contributed by atoms with Crippen LogP contribution in [0.4, 0.5) is 0 Å².